The number of halogens is 1. The first kappa shape index (κ1) is 19.3. The summed E-state index contributed by atoms with van der Waals surface area (Å²) < 4.78 is 11.2. The van der Waals surface area contributed by atoms with Crippen LogP contribution in [0.25, 0.3) is 11.0 Å². The number of nitrogens with zero attached hydrogens (tertiary/aromatic N) is 4. The van der Waals surface area contributed by atoms with Gasteiger partial charge in [0.15, 0.2) is 6.23 Å². The van der Waals surface area contributed by atoms with Crippen LogP contribution in [0, 0.1) is 0 Å². The quantitative estimate of drug-likeness (QED) is 0.545. The molecule has 3 rings (SSSR count). The lowest BCUT2D eigenvalue weighted by Gasteiger charge is -2.27. The lowest BCUT2D eigenvalue weighted by Crippen LogP contribution is -2.42. The van der Waals surface area contributed by atoms with Gasteiger partial charge in [0.1, 0.15) is 5.52 Å². The molecule has 0 amide bonds. The third kappa shape index (κ3) is 4.65. The van der Waals surface area contributed by atoms with Crippen molar-refractivity contribution < 1.29 is 14.3 Å². The van der Waals surface area contributed by atoms with Crippen LogP contribution in [-0.4, -0.2) is 52.9 Å². The van der Waals surface area contributed by atoms with Crippen molar-refractivity contribution in [2.24, 2.45) is 4.99 Å². The fourth-order valence-electron chi connectivity index (χ4n) is 2.68. The molecule has 2 aromatic rings. The van der Waals surface area contributed by atoms with E-state index in [-0.39, 0.29) is 0 Å². The molecule has 0 fully saturated rings. The summed E-state index contributed by atoms with van der Waals surface area (Å²) in [6, 6.07) is 3.80. The predicted molar refractivity (Wildman–Crippen MR) is 107 cm³/mol. The summed E-state index contributed by atoms with van der Waals surface area (Å²) in [5, 5.41) is 3.29. The molecule has 1 aromatic heterocycles. The van der Waals surface area contributed by atoms with Gasteiger partial charge in [0.25, 0.3) is 0 Å². The molecule has 9 heteroatoms. The van der Waals surface area contributed by atoms with E-state index in [1.807, 2.05) is 24.0 Å². The maximum atomic E-state index is 11.8. The molecular weight excluding hydrogens is 414 g/mol. The summed E-state index contributed by atoms with van der Waals surface area (Å²) in [7, 11) is 0. The lowest BCUT2D eigenvalue weighted by molar-refractivity contribution is -0.0112. The van der Waals surface area contributed by atoms with E-state index in [0.717, 1.165) is 34.0 Å². The third-order valence-electron chi connectivity index (χ3n) is 4.12. The van der Waals surface area contributed by atoms with Gasteiger partial charge < -0.3 is 19.7 Å². The minimum atomic E-state index is -0.663. The van der Waals surface area contributed by atoms with Crippen LogP contribution in [0.4, 0.5) is 10.5 Å². The number of hydrogen-bond acceptors (Lipinski definition) is 8. The highest BCUT2D eigenvalue weighted by atomic mass is 79.9. The van der Waals surface area contributed by atoms with E-state index in [1.165, 1.54) is 0 Å². The molecule has 2 heterocycles. The van der Waals surface area contributed by atoms with Gasteiger partial charge in [-0.3, -0.25) is 15.0 Å². The average Bonchev–Trinajstić information content (AvgIpc) is 3.13. The molecule has 1 atom stereocenters. The number of aliphatic imine (C=N–C) groups is 1. The smallest absolute Gasteiger partial charge is 0.434 e. The standard InChI is InChI=1S/C18H22BrN5O3/c1-3-4-11-26-18(25)27-12(2)24-10-9-22-17(24)23-13-5-6-14-16(15(13)19)21-8-7-20-14/h5-8,12H,3-4,9-11H2,1-2H3,(H,22,23). The van der Waals surface area contributed by atoms with Gasteiger partial charge in [-0.15, -0.1) is 0 Å². The number of guanidine groups is 1. The van der Waals surface area contributed by atoms with Gasteiger partial charge >= 0.3 is 6.16 Å². The van der Waals surface area contributed by atoms with Gasteiger partial charge in [0.05, 0.1) is 28.8 Å². The normalized spacial score (nSPS) is 14.8. The number of rotatable bonds is 6. The van der Waals surface area contributed by atoms with Gasteiger partial charge in [-0.25, -0.2) is 4.79 Å². The van der Waals surface area contributed by atoms with Gasteiger partial charge in [-0.1, -0.05) is 13.3 Å². The second kappa shape index (κ2) is 8.98. The van der Waals surface area contributed by atoms with Crippen LogP contribution in [0.2, 0.25) is 0 Å². The summed E-state index contributed by atoms with van der Waals surface area (Å²) in [5.41, 5.74) is 2.37. The molecule has 1 N–H and O–H groups in total. The predicted octanol–water partition coefficient (Wildman–Crippen LogP) is 3.78. The molecule has 144 valence electrons. The van der Waals surface area contributed by atoms with Gasteiger partial charge in [-0.2, -0.15) is 0 Å². The highest BCUT2D eigenvalue weighted by Gasteiger charge is 2.26. The van der Waals surface area contributed by atoms with Crippen LogP contribution in [0.1, 0.15) is 26.7 Å². The van der Waals surface area contributed by atoms with Crippen LogP contribution in [-0.2, 0) is 9.47 Å². The zero-order chi connectivity index (χ0) is 19.2. The number of anilines is 1. The maximum absolute atomic E-state index is 11.8. The molecule has 0 saturated carbocycles. The molecule has 0 spiro atoms. The van der Waals surface area contributed by atoms with Gasteiger partial charge in [0.2, 0.25) is 5.96 Å². The number of aromatic nitrogens is 2. The molecule has 1 aliphatic rings. The Hall–Kier alpha value is -2.42. The highest BCUT2D eigenvalue weighted by molar-refractivity contribution is 9.10. The van der Waals surface area contributed by atoms with Crippen molar-refractivity contribution in [2.45, 2.75) is 32.9 Å². The fourth-order valence-corrected chi connectivity index (χ4v) is 3.22. The molecule has 1 aliphatic heterocycles. The minimum Gasteiger partial charge on any atom is -0.434 e. The Morgan fingerprint density at radius 3 is 3.00 bits per heavy atom. The summed E-state index contributed by atoms with van der Waals surface area (Å²) in [5.74, 6) is 0.632. The zero-order valence-corrected chi connectivity index (χ0v) is 16.9. The topological polar surface area (TPSA) is 88.9 Å². The number of carbonyl (C=O) groups excluding carboxylic acids is 1. The van der Waals surface area contributed by atoms with Crippen molar-refractivity contribution in [1.29, 1.82) is 0 Å². The second-order valence-electron chi connectivity index (χ2n) is 6.04. The molecule has 0 bridgehead atoms. The van der Waals surface area contributed by atoms with E-state index in [9.17, 15) is 4.79 Å². The van der Waals surface area contributed by atoms with Gasteiger partial charge in [0, 0.05) is 18.9 Å². The van der Waals surface area contributed by atoms with Crippen molar-refractivity contribution in [3.05, 3.63) is 29.0 Å². The summed E-state index contributed by atoms with van der Waals surface area (Å²) in [6.07, 6.45) is 3.93. The van der Waals surface area contributed by atoms with E-state index in [2.05, 4.69) is 36.2 Å². The highest BCUT2D eigenvalue weighted by Crippen LogP contribution is 2.29. The Labute approximate surface area is 166 Å². The van der Waals surface area contributed by atoms with Crippen LogP contribution < -0.4 is 5.32 Å². The first-order chi connectivity index (χ1) is 13.1. The fraction of sp³-hybridized carbons (Fsp3) is 0.444. The number of ether oxygens (including phenoxy) is 2. The number of unbranched alkanes of at least 4 members (excludes halogenated alkanes) is 1. The zero-order valence-electron chi connectivity index (χ0n) is 15.3. The van der Waals surface area contributed by atoms with Crippen molar-refractivity contribution in [2.75, 3.05) is 25.0 Å². The SMILES string of the molecule is CCCCOC(=O)OC(C)N1CCN=C1Nc1ccc2nccnc2c1Br. The molecule has 0 saturated heterocycles. The first-order valence-corrected chi connectivity index (χ1v) is 9.70. The second-order valence-corrected chi connectivity index (χ2v) is 6.84. The summed E-state index contributed by atoms with van der Waals surface area (Å²) in [6.45, 7) is 5.46. The largest absolute Gasteiger partial charge is 0.510 e. The van der Waals surface area contributed by atoms with Crippen molar-refractivity contribution in [3.63, 3.8) is 0 Å². The number of hydrogen-bond donors (Lipinski definition) is 1. The van der Waals surface area contributed by atoms with Crippen molar-refractivity contribution >= 4 is 44.8 Å². The first-order valence-electron chi connectivity index (χ1n) is 8.91. The summed E-state index contributed by atoms with van der Waals surface area (Å²) >= 11 is 3.58. The lowest BCUT2D eigenvalue weighted by atomic mass is 10.2. The molecular formula is C18H22BrN5O3. The Morgan fingerprint density at radius 1 is 1.37 bits per heavy atom. The van der Waals surface area contributed by atoms with E-state index >= 15 is 0 Å². The van der Waals surface area contributed by atoms with Crippen molar-refractivity contribution in [1.82, 2.24) is 14.9 Å². The Bertz CT molecular complexity index is 845. The van der Waals surface area contributed by atoms with Gasteiger partial charge in [-0.05, 0) is 41.4 Å². The number of benzene rings is 1. The molecule has 0 radical (unpaired) electrons. The Kier molecular flexibility index (Phi) is 6.44. The molecule has 0 aliphatic carbocycles. The molecule has 1 unspecified atom stereocenters. The number of carbonyl (C=O) groups is 1. The van der Waals surface area contributed by atoms with E-state index < -0.39 is 12.4 Å². The molecule has 27 heavy (non-hydrogen) atoms. The number of fused-ring (bicyclic) bond motifs is 1. The van der Waals surface area contributed by atoms with E-state index in [4.69, 9.17) is 9.47 Å². The van der Waals surface area contributed by atoms with E-state index in [0.29, 0.717) is 25.7 Å². The monoisotopic (exact) mass is 435 g/mol. The molecule has 1 aromatic carbocycles. The molecule has 8 nitrogen and oxygen atoms in total. The summed E-state index contributed by atoms with van der Waals surface area (Å²) in [4.78, 5) is 26.8. The van der Waals surface area contributed by atoms with Crippen LogP contribution in [0.15, 0.2) is 34.0 Å². The van der Waals surface area contributed by atoms with Crippen LogP contribution >= 0.6 is 15.9 Å². The Morgan fingerprint density at radius 2 is 2.19 bits per heavy atom. The van der Waals surface area contributed by atoms with Crippen LogP contribution in [0.3, 0.4) is 0 Å². The van der Waals surface area contributed by atoms with Crippen LogP contribution in [0.5, 0.6) is 0 Å². The minimum absolute atomic E-state index is 0.367. The third-order valence-corrected chi connectivity index (χ3v) is 4.93. The number of nitrogens with one attached hydrogen (secondary N) is 1. The maximum Gasteiger partial charge on any atom is 0.510 e. The van der Waals surface area contributed by atoms with E-state index in [1.54, 1.807) is 19.3 Å². The Balaban J connectivity index is 1.66. The average molecular weight is 436 g/mol. The van der Waals surface area contributed by atoms with Crippen molar-refractivity contribution in [3.8, 4) is 0 Å².